The van der Waals surface area contributed by atoms with Gasteiger partial charge in [-0.2, -0.15) is 0 Å². The van der Waals surface area contributed by atoms with E-state index in [0.717, 1.165) is 10.7 Å². The molecule has 0 fully saturated rings. The van der Waals surface area contributed by atoms with E-state index in [4.69, 9.17) is 5.11 Å². The molecule has 0 aliphatic heterocycles. The fraction of sp³-hybridized carbons (Fsp3) is 0.444. The Morgan fingerprint density at radius 1 is 1.58 bits per heavy atom. The van der Waals surface area contributed by atoms with Crippen molar-refractivity contribution in [1.29, 1.82) is 0 Å². The Hall–Kier alpha value is -0.540. The molecule has 0 aliphatic carbocycles. The molecule has 2 nitrogen and oxygen atoms in total. The average molecular weight is 183 g/mol. The van der Waals surface area contributed by atoms with Crippen LogP contribution in [-0.2, 0) is 0 Å². The van der Waals surface area contributed by atoms with Gasteiger partial charge >= 0.3 is 0 Å². The Morgan fingerprint density at radius 3 is 2.92 bits per heavy atom. The first-order chi connectivity index (χ1) is 5.72. The number of pyridine rings is 1. The Labute approximate surface area is 77.0 Å². The molecule has 1 heterocycles. The molecule has 1 N–H and O–H groups in total. The number of nitrogens with zero attached hydrogens (tertiary/aromatic N) is 1. The quantitative estimate of drug-likeness (QED) is 0.726. The molecule has 1 atom stereocenters. The fourth-order valence-corrected chi connectivity index (χ4v) is 1.67. The summed E-state index contributed by atoms with van der Waals surface area (Å²) in [6, 6.07) is 5.91. The molecule has 1 unspecified atom stereocenters. The van der Waals surface area contributed by atoms with Crippen LogP contribution in [0.15, 0.2) is 23.2 Å². The Balaban J connectivity index is 2.63. The second-order valence-corrected chi connectivity index (χ2v) is 4.19. The molecule has 0 saturated heterocycles. The van der Waals surface area contributed by atoms with Crippen LogP contribution in [0.3, 0.4) is 0 Å². The van der Waals surface area contributed by atoms with Gasteiger partial charge in [0.15, 0.2) is 0 Å². The summed E-state index contributed by atoms with van der Waals surface area (Å²) in [6.07, 6.45) is 0. The van der Waals surface area contributed by atoms with Gasteiger partial charge in [-0.25, -0.2) is 4.98 Å². The van der Waals surface area contributed by atoms with Gasteiger partial charge in [0.25, 0.3) is 0 Å². The monoisotopic (exact) mass is 183 g/mol. The summed E-state index contributed by atoms with van der Waals surface area (Å²) in [5, 5.41) is 10.0. The van der Waals surface area contributed by atoms with Crippen LogP contribution in [0.5, 0.6) is 0 Å². The van der Waals surface area contributed by atoms with Crippen LogP contribution in [0.1, 0.15) is 12.6 Å². The first kappa shape index (κ1) is 9.55. The number of aliphatic hydroxyl groups excluding tert-OH is 1. The molecular formula is C9H13NOS. The molecule has 0 aliphatic rings. The van der Waals surface area contributed by atoms with Gasteiger partial charge in [-0.05, 0) is 19.1 Å². The number of aliphatic hydroxyl groups is 1. The van der Waals surface area contributed by atoms with Crippen molar-refractivity contribution in [2.75, 3.05) is 6.61 Å². The van der Waals surface area contributed by atoms with Crippen molar-refractivity contribution in [1.82, 2.24) is 4.98 Å². The maximum Gasteiger partial charge on any atom is 0.0966 e. The second kappa shape index (κ2) is 4.48. The summed E-state index contributed by atoms with van der Waals surface area (Å²) in [6.45, 7) is 4.14. The molecule has 1 aromatic rings. The summed E-state index contributed by atoms with van der Waals surface area (Å²) in [7, 11) is 0. The summed E-state index contributed by atoms with van der Waals surface area (Å²) in [5.74, 6) is 0. The SMILES string of the molecule is Cc1cccc(SC(C)CO)n1. The highest BCUT2D eigenvalue weighted by molar-refractivity contribution is 7.99. The fourth-order valence-electron chi connectivity index (χ4n) is 0.827. The van der Waals surface area contributed by atoms with Crippen molar-refractivity contribution in [2.45, 2.75) is 24.1 Å². The minimum Gasteiger partial charge on any atom is -0.395 e. The molecule has 0 bridgehead atoms. The molecule has 1 rings (SSSR count). The van der Waals surface area contributed by atoms with E-state index in [1.165, 1.54) is 0 Å². The van der Waals surface area contributed by atoms with Crippen molar-refractivity contribution < 1.29 is 5.11 Å². The molecule has 12 heavy (non-hydrogen) atoms. The highest BCUT2D eigenvalue weighted by Crippen LogP contribution is 2.20. The Morgan fingerprint density at radius 2 is 2.33 bits per heavy atom. The van der Waals surface area contributed by atoms with Gasteiger partial charge in [-0.3, -0.25) is 0 Å². The van der Waals surface area contributed by atoms with E-state index in [-0.39, 0.29) is 11.9 Å². The lowest BCUT2D eigenvalue weighted by molar-refractivity contribution is 0.300. The second-order valence-electron chi connectivity index (χ2n) is 2.73. The standard InChI is InChI=1S/C9H13NOS/c1-7-4-3-5-9(10-7)12-8(2)6-11/h3-5,8,11H,6H2,1-2H3. The molecule has 0 saturated carbocycles. The predicted molar refractivity (Wildman–Crippen MR) is 51.4 cm³/mol. The number of hydrogen-bond acceptors (Lipinski definition) is 3. The zero-order valence-corrected chi connectivity index (χ0v) is 8.14. The highest BCUT2D eigenvalue weighted by Gasteiger charge is 2.02. The Kier molecular flexibility index (Phi) is 3.56. The largest absolute Gasteiger partial charge is 0.395 e. The smallest absolute Gasteiger partial charge is 0.0966 e. The first-order valence-corrected chi connectivity index (χ1v) is 4.81. The van der Waals surface area contributed by atoms with Crippen molar-refractivity contribution in [3.63, 3.8) is 0 Å². The van der Waals surface area contributed by atoms with E-state index >= 15 is 0 Å². The minimum absolute atomic E-state index is 0.195. The number of aromatic nitrogens is 1. The molecule has 66 valence electrons. The van der Waals surface area contributed by atoms with E-state index in [2.05, 4.69) is 4.98 Å². The molecule has 0 amide bonds. The molecular weight excluding hydrogens is 170 g/mol. The molecule has 3 heteroatoms. The van der Waals surface area contributed by atoms with Crippen LogP contribution in [0.2, 0.25) is 0 Å². The molecule has 0 radical (unpaired) electrons. The summed E-state index contributed by atoms with van der Waals surface area (Å²) in [5.41, 5.74) is 1.02. The van der Waals surface area contributed by atoms with Crippen LogP contribution in [0.25, 0.3) is 0 Å². The van der Waals surface area contributed by atoms with E-state index in [9.17, 15) is 0 Å². The van der Waals surface area contributed by atoms with Gasteiger partial charge in [0.05, 0.1) is 11.6 Å². The van der Waals surface area contributed by atoms with Gasteiger partial charge in [0.1, 0.15) is 0 Å². The van der Waals surface area contributed by atoms with Crippen LogP contribution < -0.4 is 0 Å². The average Bonchev–Trinajstić information content (AvgIpc) is 2.04. The van der Waals surface area contributed by atoms with Gasteiger partial charge in [0, 0.05) is 10.9 Å². The van der Waals surface area contributed by atoms with Gasteiger partial charge < -0.3 is 5.11 Å². The predicted octanol–water partition coefficient (Wildman–Crippen LogP) is 1.86. The van der Waals surface area contributed by atoms with E-state index in [1.54, 1.807) is 11.8 Å². The van der Waals surface area contributed by atoms with Crippen LogP contribution in [-0.4, -0.2) is 21.9 Å². The van der Waals surface area contributed by atoms with Crippen LogP contribution in [0, 0.1) is 6.92 Å². The highest BCUT2D eigenvalue weighted by atomic mass is 32.2. The van der Waals surface area contributed by atoms with E-state index in [0.29, 0.717) is 0 Å². The maximum atomic E-state index is 8.82. The normalized spacial score (nSPS) is 12.9. The number of thioether (sulfide) groups is 1. The zero-order valence-electron chi connectivity index (χ0n) is 7.32. The topological polar surface area (TPSA) is 33.1 Å². The van der Waals surface area contributed by atoms with Crippen molar-refractivity contribution in [3.8, 4) is 0 Å². The number of aryl methyl sites for hydroxylation is 1. The summed E-state index contributed by atoms with van der Waals surface area (Å²) >= 11 is 1.60. The number of rotatable bonds is 3. The lowest BCUT2D eigenvalue weighted by atomic mass is 10.4. The third-order valence-electron chi connectivity index (χ3n) is 1.44. The third-order valence-corrected chi connectivity index (χ3v) is 2.46. The van der Waals surface area contributed by atoms with Crippen molar-refractivity contribution in [3.05, 3.63) is 23.9 Å². The molecule has 0 aromatic carbocycles. The maximum absolute atomic E-state index is 8.82. The molecule has 0 spiro atoms. The van der Waals surface area contributed by atoms with E-state index in [1.807, 2.05) is 32.0 Å². The van der Waals surface area contributed by atoms with Gasteiger partial charge in [-0.15, -0.1) is 11.8 Å². The Bertz CT molecular complexity index is 252. The van der Waals surface area contributed by atoms with Crippen LogP contribution >= 0.6 is 11.8 Å². The number of hydrogen-bond donors (Lipinski definition) is 1. The van der Waals surface area contributed by atoms with Crippen molar-refractivity contribution >= 4 is 11.8 Å². The minimum atomic E-state index is 0.195. The van der Waals surface area contributed by atoms with Gasteiger partial charge in [-0.1, -0.05) is 13.0 Å². The summed E-state index contributed by atoms with van der Waals surface area (Å²) < 4.78 is 0. The van der Waals surface area contributed by atoms with Gasteiger partial charge in [0.2, 0.25) is 0 Å². The lowest BCUT2D eigenvalue weighted by Crippen LogP contribution is -2.02. The molecule has 1 aromatic heterocycles. The first-order valence-electron chi connectivity index (χ1n) is 3.93. The van der Waals surface area contributed by atoms with E-state index < -0.39 is 0 Å². The summed E-state index contributed by atoms with van der Waals surface area (Å²) in [4.78, 5) is 4.31. The third kappa shape index (κ3) is 2.83. The van der Waals surface area contributed by atoms with Crippen molar-refractivity contribution in [2.24, 2.45) is 0 Å². The zero-order chi connectivity index (χ0) is 8.97. The van der Waals surface area contributed by atoms with Crippen LogP contribution in [0.4, 0.5) is 0 Å². The lowest BCUT2D eigenvalue weighted by Gasteiger charge is -2.06.